The van der Waals surface area contributed by atoms with E-state index in [-0.39, 0.29) is 19.1 Å². The van der Waals surface area contributed by atoms with Crippen molar-refractivity contribution < 1.29 is 32.9 Å². The van der Waals surface area contributed by atoms with Crippen LogP contribution in [0.15, 0.2) is 36.5 Å². The van der Waals surface area contributed by atoms with Crippen molar-refractivity contribution in [1.29, 1.82) is 0 Å². The molecule has 384 valence electrons. The van der Waals surface area contributed by atoms with E-state index in [0.717, 1.165) is 44.9 Å². The van der Waals surface area contributed by atoms with Crippen molar-refractivity contribution in [3.63, 3.8) is 0 Å². The summed E-state index contributed by atoms with van der Waals surface area (Å²) in [5.41, 5.74) is 0. The van der Waals surface area contributed by atoms with Crippen molar-refractivity contribution in [2.24, 2.45) is 0 Å². The Kier molecular flexibility index (Phi) is 46.8. The first-order valence-corrected chi connectivity index (χ1v) is 29.3. The van der Waals surface area contributed by atoms with Gasteiger partial charge in [-0.15, -0.1) is 0 Å². The molecule has 65 heavy (non-hydrogen) atoms. The minimum Gasteiger partial charge on any atom is -0.756 e. The number of quaternary nitrogens is 1. The van der Waals surface area contributed by atoms with E-state index in [9.17, 15) is 19.4 Å². The van der Waals surface area contributed by atoms with Gasteiger partial charge in [-0.1, -0.05) is 243 Å². The fourth-order valence-electron chi connectivity index (χ4n) is 8.18. The molecule has 0 aromatic rings. The number of phosphoric acid groups is 1. The van der Waals surface area contributed by atoms with E-state index < -0.39 is 20.0 Å². The molecule has 0 aromatic carbocycles. The van der Waals surface area contributed by atoms with Gasteiger partial charge >= 0.3 is 0 Å². The van der Waals surface area contributed by atoms with E-state index in [0.29, 0.717) is 17.4 Å². The molecular weight excluding hydrogens is 828 g/mol. The van der Waals surface area contributed by atoms with Crippen LogP contribution in [0.1, 0.15) is 264 Å². The molecule has 0 fully saturated rings. The number of phosphoric ester groups is 1. The molecule has 0 aliphatic rings. The summed E-state index contributed by atoms with van der Waals surface area (Å²) in [6, 6.07) is -0.889. The third-order valence-electron chi connectivity index (χ3n) is 12.6. The minimum absolute atomic E-state index is 0.00156. The van der Waals surface area contributed by atoms with Crippen LogP contribution in [0.5, 0.6) is 0 Å². The van der Waals surface area contributed by atoms with Gasteiger partial charge in [0.1, 0.15) is 13.2 Å². The van der Waals surface area contributed by atoms with Gasteiger partial charge in [0.2, 0.25) is 5.91 Å². The maximum atomic E-state index is 12.9. The molecule has 3 unspecified atom stereocenters. The number of carbonyl (C=O) groups excluding carboxylic acids is 1. The second kappa shape index (κ2) is 47.8. The average Bonchev–Trinajstić information content (AvgIpc) is 3.26. The third kappa shape index (κ3) is 50.4. The number of likely N-dealkylation sites (N-methyl/N-ethyl adjacent to an activating group) is 1. The highest BCUT2D eigenvalue weighted by Gasteiger charge is 2.23. The lowest BCUT2D eigenvalue weighted by Gasteiger charge is -2.29. The molecule has 0 bridgehead atoms. The Bertz CT molecular complexity index is 1150. The van der Waals surface area contributed by atoms with Crippen LogP contribution < -0.4 is 10.2 Å². The normalized spacial score (nSPS) is 14.3. The van der Waals surface area contributed by atoms with Gasteiger partial charge < -0.3 is 28.8 Å². The van der Waals surface area contributed by atoms with Crippen molar-refractivity contribution >= 4 is 13.7 Å². The Hall–Kier alpha value is -1.28. The first-order chi connectivity index (χ1) is 31.5. The molecule has 3 atom stereocenters. The molecule has 9 heteroatoms. The molecule has 0 saturated carbocycles. The Morgan fingerprint density at radius 1 is 0.538 bits per heavy atom. The number of hydrogen-bond acceptors (Lipinski definition) is 6. The SMILES string of the molecule is CCCCCCCCCCC/C=C\C/C=C\CCCCCCCCCCCC(=O)NC(COP(=O)([O-])OCC[N+](C)(C)C)C(O)/C=C/CCCCCCCCCCCCCCCCCC. The molecule has 0 rings (SSSR count). The van der Waals surface area contributed by atoms with Gasteiger partial charge in [0.15, 0.2) is 0 Å². The van der Waals surface area contributed by atoms with E-state index in [2.05, 4.69) is 43.5 Å². The van der Waals surface area contributed by atoms with Crippen LogP contribution in [0.2, 0.25) is 0 Å². The highest BCUT2D eigenvalue weighted by atomic mass is 31.2. The number of nitrogens with one attached hydrogen (secondary N) is 1. The molecule has 0 aliphatic carbocycles. The Morgan fingerprint density at radius 2 is 0.892 bits per heavy atom. The molecule has 0 heterocycles. The van der Waals surface area contributed by atoms with Gasteiger partial charge in [0, 0.05) is 6.42 Å². The number of unbranched alkanes of at least 4 members (excludes halogenated alkanes) is 34. The average molecular weight is 937 g/mol. The topological polar surface area (TPSA) is 108 Å². The Balaban J connectivity index is 4.24. The van der Waals surface area contributed by atoms with Crippen molar-refractivity contribution in [2.75, 3.05) is 40.9 Å². The van der Waals surface area contributed by atoms with Crippen LogP contribution in [0, 0.1) is 0 Å². The highest BCUT2D eigenvalue weighted by Crippen LogP contribution is 2.38. The number of allylic oxidation sites excluding steroid dienone is 5. The summed E-state index contributed by atoms with van der Waals surface area (Å²) < 4.78 is 23.3. The van der Waals surface area contributed by atoms with E-state index in [1.807, 2.05) is 27.2 Å². The molecule has 8 nitrogen and oxygen atoms in total. The van der Waals surface area contributed by atoms with Crippen molar-refractivity contribution in [3.05, 3.63) is 36.5 Å². The van der Waals surface area contributed by atoms with Gasteiger partial charge in [-0.2, -0.15) is 0 Å². The highest BCUT2D eigenvalue weighted by molar-refractivity contribution is 7.45. The van der Waals surface area contributed by atoms with Crippen LogP contribution in [0.25, 0.3) is 0 Å². The summed E-state index contributed by atoms with van der Waals surface area (Å²) >= 11 is 0. The first-order valence-electron chi connectivity index (χ1n) is 27.9. The van der Waals surface area contributed by atoms with Gasteiger partial charge in [-0.25, -0.2) is 0 Å². The first kappa shape index (κ1) is 63.7. The van der Waals surface area contributed by atoms with Crippen LogP contribution in [0.4, 0.5) is 0 Å². The van der Waals surface area contributed by atoms with Gasteiger partial charge in [-0.3, -0.25) is 9.36 Å². The van der Waals surface area contributed by atoms with Crippen LogP contribution in [0.3, 0.4) is 0 Å². The second-order valence-electron chi connectivity index (χ2n) is 20.3. The number of aliphatic hydroxyl groups is 1. The van der Waals surface area contributed by atoms with Crippen molar-refractivity contribution in [2.45, 2.75) is 276 Å². The van der Waals surface area contributed by atoms with Gasteiger partial charge in [0.05, 0.1) is 39.9 Å². The zero-order chi connectivity index (χ0) is 47.8. The molecule has 0 spiro atoms. The van der Waals surface area contributed by atoms with Crippen molar-refractivity contribution in [1.82, 2.24) is 5.32 Å². The molecule has 0 aliphatic heterocycles. The summed E-state index contributed by atoms with van der Waals surface area (Å²) in [5, 5.41) is 13.9. The number of amides is 1. The number of nitrogens with zero attached hydrogens (tertiary/aromatic N) is 1. The predicted molar refractivity (Wildman–Crippen MR) is 279 cm³/mol. The number of rotatable bonds is 51. The van der Waals surface area contributed by atoms with Crippen LogP contribution in [-0.4, -0.2) is 68.5 Å². The second-order valence-corrected chi connectivity index (χ2v) is 21.7. The van der Waals surface area contributed by atoms with Gasteiger partial charge in [0.25, 0.3) is 7.82 Å². The number of aliphatic hydroxyl groups excluding tert-OH is 1. The fourth-order valence-corrected chi connectivity index (χ4v) is 8.91. The Morgan fingerprint density at radius 3 is 1.28 bits per heavy atom. The van der Waals surface area contributed by atoms with E-state index in [1.165, 1.54) is 199 Å². The summed E-state index contributed by atoms with van der Waals surface area (Å²) in [4.78, 5) is 25.5. The zero-order valence-corrected chi connectivity index (χ0v) is 44.6. The molecule has 0 aromatic heterocycles. The van der Waals surface area contributed by atoms with E-state index in [1.54, 1.807) is 6.08 Å². The maximum Gasteiger partial charge on any atom is 0.268 e. The zero-order valence-electron chi connectivity index (χ0n) is 43.7. The maximum absolute atomic E-state index is 12.9. The van der Waals surface area contributed by atoms with Crippen LogP contribution >= 0.6 is 7.82 Å². The lowest BCUT2D eigenvalue weighted by Crippen LogP contribution is -2.45. The smallest absolute Gasteiger partial charge is 0.268 e. The summed E-state index contributed by atoms with van der Waals surface area (Å²) in [5.74, 6) is -0.199. The molecule has 2 N–H and O–H groups in total. The molecule has 0 radical (unpaired) electrons. The molecule has 0 saturated heterocycles. The minimum atomic E-state index is -4.60. The predicted octanol–water partition coefficient (Wildman–Crippen LogP) is 16.0. The van der Waals surface area contributed by atoms with E-state index >= 15 is 0 Å². The number of hydrogen-bond donors (Lipinski definition) is 2. The third-order valence-corrected chi connectivity index (χ3v) is 13.6. The van der Waals surface area contributed by atoms with Crippen LogP contribution in [-0.2, 0) is 18.4 Å². The Labute approximate surface area is 404 Å². The number of carbonyl (C=O) groups is 1. The van der Waals surface area contributed by atoms with Crippen molar-refractivity contribution in [3.8, 4) is 0 Å². The largest absolute Gasteiger partial charge is 0.756 e. The summed E-state index contributed by atoms with van der Waals surface area (Å²) in [6.07, 6.45) is 60.6. The molecular formula is C56H109N2O6P. The molecule has 1 amide bonds. The summed E-state index contributed by atoms with van der Waals surface area (Å²) in [6.45, 7) is 4.67. The summed E-state index contributed by atoms with van der Waals surface area (Å²) in [7, 11) is 1.26. The fraction of sp³-hybridized carbons (Fsp3) is 0.875. The monoisotopic (exact) mass is 937 g/mol. The quantitative estimate of drug-likeness (QED) is 0.0272. The van der Waals surface area contributed by atoms with E-state index in [4.69, 9.17) is 9.05 Å². The van der Waals surface area contributed by atoms with Gasteiger partial charge in [-0.05, 0) is 51.4 Å². The standard InChI is InChI=1S/C56H109N2O6P/c1-6-8-10-12-14-16-18-20-22-24-26-27-28-29-30-31-32-34-36-38-40-42-44-46-48-50-56(60)57-54(53-64-65(61,62)63-52-51-58(3,4)5)55(59)49-47-45-43-41-39-37-35-33-25-23-21-19-17-15-13-11-9-7-2/h26-27,29-30,47,49,54-55,59H,6-25,28,31-46,48,50-53H2,1-5H3,(H-,57,60,61,62)/b27-26-,30-29-,49-47+. The lowest BCUT2D eigenvalue weighted by atomic mass is 10.0. The lowest BCUT2D eigenvalue weighted by molar-refractivity contribution is -0.870.